The average Bonchev–Trinajstić information content (AvgIpc) is 3.22. The molecule has 7 nitrogen and oxygen atoms in total. The predicted molar refractivity (Wildman–Crippen MR) is 112 cm³/mol. The lowest BCUT2D eigenvalue weighted by molar-refractivity contribution is -0.159. The molecule has 1 aliphatic carbocycles. The number of nitrogens with one attached hydrogen (secondary N) is 1. The second-order valence-electron chi connectivity index (χ2n) is 9.03. The summed E-state index contributed by atoms with van der Waals surface area (Å²) in [5.41, 5.74) is 3.85. The van der Waals surface area contributed by atoms with E-state index in [2.05, 4.69) is 17.1 Å². The highest BCUT2D eigenvalue weighted by Gasteiger charge is 2.65. The van der Waals surface area contributed by atoms with Crippen LogP contribution in [0, 0.1) is 0 Å². The molecule has 1 N–H and O–H groups in total. The lowest BCUT2D eigenvalue weighted by Gasteiger charge is -2.50. The van der Waals surface area contributed by atoms with E-state index in [1.54, 1.807) is 11.9 Å². The zero-order valence-corrected chi connectivity index (χ0v) is 17.1. The number of likely N-dealkylation sites (N-methyl/N-ethyl adjacent to an activating group) is 1. The van der Waals surface area contributed by atoms with Crippen molar-refractivity contribution >= 4 is 22.7 Å². The number of para-hydroxylation sites is 1. The van der Waals surface area contributed by atoms with E-state index in [0.717, 1.165) is 35.0 Å². The third-order valence-electron chi connectivity index (χ3n) is 7.36. The minimum atomic E-state index is -0.485. The maximum atomic E-state index is 13.5. The first kappa shape index (κ1) is 17.2. The van der Waals surface area contributed by atoms with Crippen LogP contribution in [0.2, 0.25) is 0 Å². The van der Waals surface area contributed by atoms with Crippen molar-refractivity contribution < 1.29 is 19.1 Å². The lowest BCUT2D eigenvalue weighted by Crippen LogP contribution is -2.65. The first-order chi connectivity index (χ1) is 15.1. The van der Waals surface area contributed by atoms with Gasteiger partial charge in [0.2, 0.25) is 18.6 Å². The van der Waals surface area contributed by atoms with Gasteiger partial charge in [0.1, 0.15) is 6.04 Å². The lowest BCUT2D eigenvalue weighted by atomic mass is 9.76. The number of aromatic nitrogens is 1. The van der Waals surface area contributed by atoms with E-state index >= 15 is 0 Å². The van der Waals surface area contributed by atoms with Gasteiger partial charge < -0.3 is 24.3 Å². The highest BCUT2D eigenvalue weighted by Crippen LogP contribution is 2.62. The first-order valence-corrected chi connectivity index (χ1v) is 10.7. The van der Waals surface area contributed by atoms with Gasteiger partial charge in [0, 0.05) is 29.1 Å². The van der Waals surface area contributed by atoms with Crippen LogP contribution in [-0.4, -0.2) is 53.0 Å². The van der Waals surface area contributed by atoms with Gasteiger partial charge in [0.05, 0.1) is 12.6 Å². The van der Waals surface area contributed by atoms with Crippen LogP contribution < -0.4 is 9.47 Å². The molecule has 156 valence electrons. The Morgan fingerprint density at radius 3 is 2.71 bits per heavy atom. The SMILES string of the molecule is CN1CC(=O)N2[C@@H](c3ccc4c(c3)OCO4)c3[nH]c4ccccc4c3C3(CC3)[C@@H]2C1=O. The van der Waals surface area contributed by atoms with Crippen molar-refractivity contribution in [3.63, 3.8) is 0 Å². The third kappa shape index (κ3) is 2.08. The van der Waals surface area contributed by atoms with Crippen molar-refractivity contribution in [2.24, 2.45) is 0 Å². The molecule has 1 aromatic heterocycles. The summed E-state index contributed by atoms with van der Waals surface area (Å²) in [6.07, 6.45) is 1.81. The second-order valence-corrected chi connectivity index (χ2v) is 9.03. The number of aromatic amines is 1. The zero-order chi connectivity index (χ0) is 20.9. The van der Waals surface area contributed by atoms with Gasteiger partial charge in [-0.05, 0) is 42.2 Å². The van der Waals surface area contributed by atoms with Crippen LogP contribution in [0.5, 0.6) is 11.5 Å². The van der Waals surface area contributed by atoms with Gasteiger partial charge in [-0.25, -0.2) is 0 Å². The zero-order valence-electron chi connectivity index (χ0n) is 17.1. The Morgan fingerprint density at radius 2 is 1.87 bits per heavy atom. The van der Waals surface area contributed by atoms with E-state index in [1.165, 1.54) is 5.56 Å². The van der Waals surface area contributed by atoms with Gasteiger partial charge in [0.15, 0.2) is 11.5 Å². The van der Waals surface area contributed by atoms with Crippen LogP contribution in [0.25, 0.3) is 10.9 Å². The van der Waals surface area contributed by atoms with E-state index in [1.807, 2.05) is 35.2 Å². The number of carbonyl (C=O) groups is 2. The van der Waals surface area contributed by atoms with Crippen molar-refractivity contribution in [1.82, 2.24) is 14.8 Å². The van der Waals surface area contributed by atoms with Crippen LogP contribution >= 0.6 is 0 Å². The Kier molecular flexibility index (Phi) is 3.11. The molecule has 31 heavy (non-hydrogen) atoms. The minimum Gasteiger partial charge on any atom is -0.454 e. The summed E-state index contributed by atoms with van der Waals surface area (Å²) >= 11 is 0. The molecule has 1 saturated heterocycles. The van der Waals surface area contributed by atoms with Crippen molar-refractivity contribution in [2.45, 2.75) is 30.3 Å². The fourth-order valence-corrected chi connectivity index (χ4v) is 5.88. The Bertz CT molecular complexity index is 1290. The number of amides is 2. The average molecular weight is 415 g/mol. The number of hydrogen-bond acceptors (Lipinski definition) is 4. The van der Waals surface area contributed by atoms with E-state index in [0.29, 0.717) is 11.5 Å². The quantitative estimate of drug-likeness (QED) is 0.663. The molecule has 2 atom stereocenters. The third-order valence-corrected chi connectivity index (χ3v) is 7.36. The molecule has 3 aromatic rings. The largest absolute Gasteiger partial charge is 0.454 e. The van der Waals surface area contributed by atoms with Crippen molar-refractivity contribution in [1.29, 1.82) is 0 Å². The summed E-state index contributed by atoms with van der Waals surface area (Å²) in [5.74, 6) is 1.38. The van der Waals surface area contributed by atoms with Gasteiger partial charge in [-0.3, -0.25) is 9.59 Å². The second kappa shape index (κ2) is 5.60. The van der Waals surface area contributed by atoms with Crippen LogP contribution in [0.3, 0.4) is 0 Å². The van der Waals surface area contributed by atoms with E-state index in [9.17, 15) is 9.59 Å². The summed E-state index contributed by atoms with van der Waals surface area (Å²) < 4.78 is 11.1. The Balaban J connectivity index is 1.53. The summed E-state index contributed by atoms with van der Waals surface area (Å²) in [4.78, 5) is 33.9. The van der Waals surface area contributed by atoms with Gasteiger partial charge in [-0.2, -0.15) is 0 Å². The van der Waals surface area contributed by atoms with E-state index in [4.69, 9.17) is 9.47 Å². The topological polar surface area (TPSA) is 74.9 Å². The minimum absolute atomic E-state index is 0.0228. The standard InChI is InChI=1S/C24H21N3O4/c1-26-11-18(28)27-21(13-6-7-16-17(10-13)31-12-30-16)20-19(14-4-2-3-5-15(14)25-20)24(8-9-24)22(27)23(26)29/h2-7,10,21-22,25H,8-9,11-12H2,1H3/t21-,22-/m0/s1. The Labute approximate surface area is 178 Å². The number of hydrogen-bond donors (Lipinski definition) is 1. The van der Waals surface area contributed by atoms with Gasteiger partial charge >= 0.3 is 0 Å². The Morgan fingerprint density at radius 1 is 1.06 bits per heavy atom. The van der Waals surface area contributed by atoms with Crippen molar-refractivity contribution in [3.05, 3.63) is 59.3 Å². The van der Waals surface area contributed by atoms with E-state index < -0.39 is 6.04 Å². The van der Waals surface area contributed by atoms with Crippen molar-refractivity contribution in [3.8, 4) is 11.5 Å². The predicted octanol–water partition coefficient (Wildman–Crippen LogP) is 2.70. The maximum absolute atomic E-state index is 13.5. The number of fused-ring (bicyclic) bond motifs is 7. The molecule has 0 radical (unpaired) electrons. The summed E-state index contributed by atoms with van der Waals surface area (Å²) in [6, 6.07) is 13.2. The highest BCUT2D eigenvalue weighted by atomic mass is 16.7. The Hall–Kier alpha value is -3.48. The van der Waals surface area contributed by atoms with Gasteiger partial charge in [0.25, 0.3) is 0 Å². The molecule has 4 aliphatic rings. The summed E-state index contributed by atoms with van der Waals surface area (Å²) in [7, 11) is 1.73. The molecule has 2 amide bonds. The van der Waals surface area contributed by atoms with Gasteiger partial charge in [-0.15, -0.1) is 0 Å². The normalized spacial score (nSPS) is 25.2. The molecular weight excluding hydrogens is 394 g/mol. The molecular formula is C24H21N3O4. The van der Waals surface area contributed by atoms with Crippen LogP contribution in [0.1, 0.15) is 35.7 Å². The molecule has 0 bridgehead atoms. The number of nitrogens with zero attached hydrogens (tertiary/aromatic N) is 2. The molecule has 7 rings (SSSR count). The number of benzene rings is 2. The van der Waals surface area contributed by atoms with Crippen LogP contribution in [0.15, 0.2) is 42.5 Å². The number of rotatable bonds is 1. The molecule has 1 saturated carbocycles. The maximum Gasteiger partial charge on any atom is 0.246 e. The molecule has 7 heteroatoms. The molecule has 2 aromatic carbocycles. The smallest absolute Gasteiger partial charge is 0.246 e. The fraction of sp³-hybridized carbons (Fsp3) is 0.333. The number of ether oxygens (including phenoxy) is 2. The van der Waals surface area contributed by atoms with Crippen molar-refractivity contribution in [2.75, 3.05) is 20.4 Å². The molecule has 0 unspecified atom stereocenters. The highest BCUT2D eigenvalue weighted by molar-refractivity contribution is 6.00. The molecule has 4 heterocycles. The fourth-order valence-electron chi connectivity index (χ4n) is 5.88. The van der Waals surface area contributed by atoms with Gasteiger partial charge in [-0.1, -0.05) is 24.3 Å². The van der Waals surface area contributed by atoms with Crippen LogP contribution in [-0.2, 0) is 15.0 Å². The molecule has 3 aliphatic heterocycles. The number of H-pyrrole nitrogens is 1. The first-order valence-electron chi connectivity index (χ1n) is 10.7. The summed E-state index contributed by atoms with van der Waals surface area (Å²) in [5, 5.41) is 1.15. The monoisotopic (exact) mass is 415 g/mol. The molecule has 1 spiro atoms. The molecule has 2 fully saturated rings. The number of piperazine rings is 1. The van der Waals surface area contributed by atoms with E-state index in [-0.39, 0.29) is 36.6 Å². The van der Waals surface area contributed by atoms with Crippen LogP contribution in [0.4, 0.5) is 0 Å². The summed E-state index contributed by atoms with van der Waals surface area (Å²) in [6.45, 7) is 0.292. The number of carbonyl (C=O) groups excluding carboxylic acids is 2.